The van der Waals surface area contributed by atoms with Crippen molar-refractivity contribution in [2.75, 3.05) is 0 Å². The number of carbonyl (C=O) groups excluding carboxylic acids is 1. The van der Waals surface area contributed by atoms with Crippen molar-refractivity contribution in [1.82, 2.24) is 0 Å². The van der Waals surface area contributed by atoms with Gasteiger partial charge in [0.25, 0.3) is 0 Å². The second-order valence-corrected chi connectivity index (χ2v) is 6.03. The van der Waals surface area contributed by atoms with Crippen molar-refractivity contribution in [3.63, 3.8) is 0 Å². The number of rotatable bonds is 15. The highest BCUT2D eigenvalue weighted by Crippen LogP contribution is 2.12. The lowest BCUT2D eigenvalue weighted by Gasteiger charge is -2.14. The molecule has 0 aliphatic heterocycles. The summed E-state index contributed by atoms with van der Waals surface area (Å²) in [5, 5.41) is 26.6. The summed E-state index contributed by atoms with van der Waals surface area (Å²) in [5.41, 5.74) is 0. The first-order valence-electron chi connectivity index (χ1n) is 8.79. The van der Waals surface area contributed by atoms with E-state index in [1.165, 1.54) is 32.1 Å². The molecule has 0 atom stereocenters. The number of hydrogen-bond acceptors (Lipinski definition) is 4. The van der Waals surface area contributed by atoms with Crippen LogP contribution in [0, 0.1) is 0 Å². The molecule has 0 radical (unpaired) electrons. The SMILES string of the molecule is CCCCCCCC=CCCCCCCC(=O)C(O)(O)C(=O)O. The van der Waals surface area contributed by atoms with Crippen LogP contribution in [0.4, 0.5) is 0 Å². The summed E-state index contributed by atoms with van der Waals surface area (Å²) in [6.07, 6.45) is 16.2. The molecule has 0 unspecified atom stereocenters. The summed E-state index contributed by atoms with van der Waals surface area (Å²) >= 11 is 0. The molecule has 0 saturated carbocycles. The molecule has 0 heterocycles. The Kier molecular flexibility index (Phi) is 12.6. The zero-order valence-corrected chi connectivity index (χ0v) is 14.3. The van der Waals surface area contributed by atoms with Gasteiger partial charge in [-0.1, -0.05) is 57.6 Å². The Morgan fingerprint density at radius 1 is 0.826 bits per heavy atom. The Labute approximate surface area is 139 Å². The highest BCUT2D eigenvalue weighted by molar-refractivity contribution is 6.03. The van der Waals surface area contributed by atoms with Gasteiger partial charge in [-0.05, 0) is 32.1 Å². The number of unbranched alkanes of at least 4 members (excludes halogenated alkanes) is 9. The normalized spacial score (nSPS) is 12.0. The first-order valence-corrected chi connectivity index (χ1v) is 8.79. The third-order valence-corrected chi connectivity index (χ3v) is 3.85. The molecule has 0 aromatic rings. The van der Waals surface area contributed by atoms with E-state index in [-0.39, 0.29) is 6.42 Å². The van der Waals surface area contributed by atoms with Crippen LogP contribution in [0.1, 0.15) is 84.0 Å². The quantitative estimate of drug-likeness (QED) is 0.185. The maximum Gasteiger partial charge on any atom is 0.372 e. The van der Waals surface area contributed by atoms with Gasteiger partial charge in [0, 0.05) is 6.42 Å². The minimum atomic E-state index is -3.24. The summed E-state index contributed by atoms with van der Waals surface area (Å²) in [6, 6.07) is 0. The standard InChI is InChI=1S/C18H32O5/c1-2-3-4-5-6-7-8-9-10-11-12-13-14-15-16(19)18(22,23)17(20)21/h8-9,22-23H,2-7,10-15H2,1H3,(H,20,21). The van der Waals surface area contributed by atoms with E-state index >= 15 is 0 Å². The van der Waals surface area contributed by atoms with Crippen molar-refractivity contribution >= 4 is 11.8 Å². The lowest BCUT2D eigenvalue weighted by molar-refractivity contribution is -0.204. The number of aliphatic hydroxyl groups is 2. The van der Waals surface area contributed by atoms with E-state index in [2.05, 4.69) is 19.1 Å². The number of ketones is 1. The predicted octanol–water partition coefficient (Wildman–Crippen LogP) is 3.58. The van der Waals surface area contributed by atoms with Crippen LogP contribution in [0.5, 0.6) is 0 Å². The number of carboxylic acid groups (broad SMARTS) is 1. The van der Waals surface area contributed by atoms with Gasteiger partial charge in [0.15, 0.2) is 0 Å². The van der Waals surface area contributed by atoms with Crippen LogP contribution < -0.4 is 0 Å². The maximum absolute atomic E-state index is 11.3. The number of Topliss-reactive ketones (excluding diaryl/α,β-unsaturated/α-hetero) is 1. The van der Waals surface area contributed by atoms with Crippen LogP contribution in [-0.2, 0) is 9.59 Å². The average molecular weight is 328 g/mol. The topological polar surface area (TPSA) is 94.8 Å². The molecular weight excluding hydrogens is 296 g/mol. The van der Waals surface area contributed by atoms with E-state index in [9.17, 15) is 9.59 Å². The lowest BCUT2D eigenvalue weighted by Crippen LogP contribution is -2.46. The molecular formula is C18H32O5. The van der Waals surface area contributed by atoms with E-state index in [0.717, 1.165) is 32.1 Å². The molecule has 0 bridgehead atoms. The van der Waals surface area contributed by atoms with Crippen LogP contribution in [0.3, 0.4) is 0 Å². The molecule has 3 N–H and O–H groups in total. The second-order valence-electron chi connectivity index (χ2n) is 6.03. The number of carboxylic acids is 1. The van der Waals surface area contributed by atoms with Crippen LogP contribution in [-0.4, -0.2) is 32.9 Å². The number of carbonyl (C=O) groups is 2. The summed E-state index contributed by atoms with van der Waals surface area (Å²) in [4.78, 5) is 21.8. The molecule has 23 heavy (non-hydrogen) atoms. The molecule has 0 aromatic heterocycles. The third kappa shape index (κ3) is 11.0. The summed E-state index contributed by atoms with van der Waals surface area (Å²) in [5.74, 6) is -6.20. The molecule has 0 amide bonds. The Morgan fingerprint density at radius 3 is 1.78 bits per heavy atom. The van der Waals surface area contributed by atoms with Gasteiger partial charge in [-0.25, -0.2) is 4.79 Å². The lowest BCUT2D eigenvalue weighted by atomic mass is 10.0. The molecule has 0 fully saturated rings. The van der Waals surface area contributed by atoms with E-state index < -0.39 is 17.5 Å². The van der Waals surface area contributed by atoms with Crippen LogP contribution in [0.25, 0.3) is 0 Å². The minimum Gasteiger partial charge on any atom is -0.477 e. The fourth-order valence-corrected chi connectivity index (χ4v) is 2.30. The van der Waals surface area contributed by atoms with Crippen LogP contribution >= 0.6 is 0 Å². The Hall–Kier alpha value is -1.20. The molecule has 0 aliphatic carbocycles. The van der Waals surface area contributed by atoms with Gasteiger partial charge in [0.2, 0.25) is 5.78 Å². The van der Waals surface area contributed by atoms with Crippen molar-refractivity contribution in [3.05, 3.63) is 12.2 Å². The number of aliphatic carboxylic acids is 1. The highest BCUT2D eigenvalue weighted by Gasteiger charge is 2.40. The molecule has 0 spiro atoms. The number of allylic oxidation sites excluding steroid dienone is 2. The van der Waals surface area contributed by atoms with Gasteiger partial charge in [-0.2, -0.15) is 0 Å². The van der Waals surface area contributed by atoms with Gasteiger partial charge >= 0.3 is 11.8 Å². The Balaban J connectivity index is 3.46. The third-order valence-electron chi connectivity index (χ3n) is 3.85. The predicted molar refractivity (Wildman–Crippen MR) is 90.0 cm³/mol. The van der Waals surface area contributed by atoms with E-state index in [4.69, 9.17) is 15.3 Å². The average Bonchev–Trinajstić information content (AvgIpc) is 2.51. The van der Waals surface area contributed by atoms with E-state index in [0.29, 0.717) is 6.42 Å². The van der Waals surface area contributed by atoms with Crippen LogP contribution in [0.2, 0.25) is 0 Å². The zero-order valence-electron chi connectivity index (χ0n) is 14.3. The molecule has 5 heteroatoms. The fraction of sp³-hybridized carbons (Fsp3) is 0.778. The Bertz CT molecular complexity index is 360. The van der Waals surface area contributed by atoms with Gasteiger partial charge in [-0.15, -0.1) is 0 Å². The van der Waals surface area contributed by atoms with Crippen molar-refractivity contribution < 1.29 is 24.9 Å². The highest BCUT2D eigenvalue weighted by atomic mass is 16.5. The van der Waals surface area contributed by atoms with Gasteiger partial charge < -0.3 is 15.3 Å². The minimum absolute atomic E-state index is 0.118. The largest absolute Gasteiger partial charge is 0.477 e. The molecule has 134 valence electrons. The van der Waals surface area contributed by atoms with Crippen LogP contribution in [0.15, 0.2) is 12.2 Å². The summed E-state index contributed by atoms with van der Waals surface area (Å²) in [6.45, 7) is 2.21. The van der Waals surface area contributed by atoms with Crippen molar-refractivity contribution in [1.29, 1.82) is 0 Å². The van der Waals surface area contributed by atoms with Crippen molar-refractivity contribution in [2.24, 2.45) is 0 Å². The van der Waals surface area contributed by atoms with Crippen molar-refractivity contribution in [2.45, 2.75) is 89.8 Å². The molecule has 0 aromatic carbocycles. The fourth-order valence-electron chi connectivity index (χ4n) is 2.30. The molecule has 0 aliphatic rings. The zero-order chi connectivity index (χ0) is 17.6. The first-order chi connectivity index (χ1) is 10.9. The Morgan fingerprint density at radius 2 is 1.30 bits per heavy atom. The van der Waals surface area contributed by atoms with Crippen molar-refractivity contribution in [3.8, 4) is 0 Å². The van der Waals surface area contributed by atoms with E-state index in [1.807, 2.05) is 0 Å². The molecule has 5 nitrogen and oxygen atoms in total. The maximum atomic E-state index is 11.3. The van der Waals surface area contributed by atoms with E-state index in [1.54, 1.807) is 0 Å². The molecule has 0 rings (SSSR count). The summed E-state index contributed by atoms with van der Waals surface area (Å²) in [7, 11) is 0. The summed E-state index contributed by atoms with van der Waals surface area (Å²) < 4.78 is 0. The van der Waals surface area contributed by atoms with Gasteiger partial charge in [0.05, 0.1) is 0 Å². The second kappa shape index (κ2) is 13.3. The number of hydrogen-bond donors (Lipinski definition) is 3. The van der Waals surface area contributed by atoms with Gasteiger partial charge in [-0.3, -0.25) is 4.79 Å². The monoisotopic (exact) mass is 328 g/mol. The first kappa shape index (κ1) is 21.8. The van der Waals surface area contributed by atoms with Gasteiger partial charge in [0.1, 0.15) is 0 Å². The molecule has 0 saturated heterocycles. The smallest absolute Gasteiger partial charge is 0.372 e.